The van der Waals surface area contributed by atoms with Gasteiger partial charge in [-0.3, -0.25) is 9.59 Å². The molecule has 1 unspecified atom stereocenters. The number of amides is 1. The zero-order valence-electron chi connectivity index (χ0n) is 11.4. The number of hydrogen-bond acceptors (Lipinski definition) is 3. The maximum absolute atomic E-state index is 12.2. The van der Waals surface area contributed by atoms with Crippen molar-refractivity contribution in [1.29, 1.82) is 0 Å². The molecule has 3 atom stereocenters. The summed E-state index contributed by atoms with van der Waals surface area (Å²) in [4.78, 5) is 23.4. The first-order valence-electron chi connectivity index (χ1n) is 6.74. The van der Waals surface area contributed by atoms with Gasteiger partial charge in [-0.2, -0.15) is 0 Å². The minimum atomic E-state index is -0.904. The lowest BCUT2D eigenvalue weighted by atomic mass is 9.95. The molecule has 1 fully saturated rings. The van der Waals surface area contributed by atoms with Crippen LogP contribution in [-0.2, 0) is 16.2 Å². The summed E-state index contributed by atoms with van der Waals surface area (Å²) in [5.41, 5.74) is 1.29. The second kappa shape index (κ2) is 6.05. The molecule has 0 saturated heterocycles. The highest BCUT2D eigenvalue weighted by Crippen LogP contribution is 2.37. The predicted molar refractivity (Wildman–Crippen MR) is 74.0 cm³/mol. The van der Waals surface area contributed by atoms with E-state index in [-0.39, 0.29) is 18.4 Å². The number of carboxylic acid groups (broad SMARTS) is 1. The van der Waals surface area contributed by atoms with Gasteiger partial charge in [-0.05, 0) is 36.5 Å². The number of aliphatic hydroxyl groups excluding tert-OH is 1. The number of carboxylic acids is 1. The number of rotatable bonds is 4. The summed E-state index contributed by atoms with van der Waals surface area (Å²) in [6.45, 7) is 1.87. The zero-order chi connectivity index (χ0) is 14.7. The third kappa shape index (κ3) is 3.17. The quantitative estimate of drug-likeness (QED) is 0.784. The van der Waals surface area contributed by atoms with Crippen LogP contribution in [0.2, 0.25) is 0 Å². The Balaban J connectivity index is 2.09. The third-order valence-corrected chi connectivity index (χ3v) is 3.83. The van der Waals surface area contributed by atoms with Crippen molar-refractivity contribution in [2.45, 2.75) is 26.4 Å². The predicted octanol–water partition coefficient (Wildman–Crippen LogP) is 1.86. The van der Waals surface area contributed by atoms with Crippen molar-refractivity contribution in [2.75, 3.05) is 5.32 Å². The van der Waals surface area contributed by atoms with E-state index in [1.54, 1.807) is 24.3 Å². The van der Waals surface area contributed by atoms with Gasteiger partial charge < -0.3 is 15.5 Å². The van der Waals surface area contributed by atoms with Gasteiger partial charge in [0.25, 0.3) is 0 Å². The van der Waals surface area contributed by atoms with Crippen LogP contribution in [0.15, 0.2) is 24.3 Å². The SMILES string of the molecule is CC1C[C@H](C(=O)Nc2cccc(CO)c2)[C@H](C(=O)O)C1. The summed E-state index contributed by atoms with van der Waals surface area (Å²) in [6.07, 6.45) is 1.15. The van der Waals surface area contributed by atoms with E-state index in [4.69, 9.17) is 5.11 Å². The Morgan fingerprint density at radius 1 is 1.30 bits per heavy atom. The Hall–Kier alpha value is -1.88. The highest BCUT2D eigenvalue weighted by molar-refractivity contribution is 5.95. The van der Waals surface area contributed by atoms with E-state index in [1.807, 2.05) is 6.92 Å². The van der Waals surface area contributed by atoms with Crippen molar-refractivity contribution in [3.63, 3.8) is 0 Å². The van der Waals surface area contributed by atoms with Gasteiger partial charge in [-0.1, -0.05) is 19.1 Å². The first kappa shape index (κ1) is 14.5. The number of carbonyl (C=O) groups excluding carboxylic acids is 1. The minimum absolute atomic E-state index is 0.0953. The van der Waals surface area contributed by atoms with Gasteiger partial charge in [0.05, 0.1) is 18.4 Å². The molecule has 20 heavy (non-hydrogen) atoms. The lowest BCUT2D eigenvalue weighted by Gasteiger charge is -2.15. The standard InChI is InChI=1S/C15H19NO4/c1-9-5-12(13(6-9)15(19)20)14(18)16-11-4-2-3-10(7-11)8-17/h2-4,7,9,12-13,17H,5-6,8H2,1H3,(H,16,18)(H,19,20)/t9?,12-,13+/m0/s1. The third-order valence-electron chi connectivity index (χ3n) is 3.83. The van der Waals surface area contributed by atoms with Crippen LogP contribution in [0.3, 0.4) is 0 Å². The van der Waals surface area contributed by atoms with E-state index < -0.39 is 17.8 Å². The lowest BCUT2D eigenvalue weighted by Crippen LogP contribution is -2.30. The van der Waals surface area contributed by atoms with Crippen molar-refractivity contribution in [1.82, 2.24) is 0 Å². The first-order chi connectivity index (χ1) is 9.51. The molecule has 5 nitrogen and oxygen atoms in total. The van der Waals surface area contributed by atoms with E-state index in [1.165, 1.54) is 0 Å². The number of aliphatic hydroxyl groups is 1. The monoisotopic (exact) mass is 277 g/mol. The Kier molecular flexibility index (Phi) is 4.39. The summed E-state index contributed by atoms with van der Waals surface area (Å²) in [5.74, 6) is -2.00. The lowest BCUT2D eigenvalue weighted by molar-refractivity contribution is -0.145. The fraction of sp³-hybridized carbons (Fsp3) is 0.467. The molecule has 0 radical (unpaired) electrons. The molecule has 108 valence electrons. The topological polar surface area (TPSA) is 86.6 Å². The van der Waals surface area contributed by atoms with Crippen molar-refractivity contribution >= 4 is 17.6 Å². The molecule has 5 heteroatoms. The fourth-order valence-electron chi connectivity index (χ4n) is 2.84. The number of hydrogen-bond donors (Lipinski definition) is 3. The molecule has 1 aliphatic rings. The number of benzene rings is 1. The van der Waals surface area contributed by atoms with Crippen LogP contribution in [-0.4, -0.2) is 22.1 Å². The Morgan fingerprint density at radius 3 is 2.65 bits per heavy atom. The number of carbonyl (C=O) groups is 2. The van der Waals surface area contributed by atoms with E-state index in [9.17, 15) is 14.7 Å². The minimum Gasteiger partial charge on any atom is -0.481 e. The van der Waals surface area contributed by atoms with Gasteiger partial charge in [0.1, 0.15) is 0 Å². The zero-order valence-corrected chi connectivity index (χ0v) is 11.4. The van der Waals surface area contributed by atoms with Gasteiger partial charge in [-0.15, -0.1) is 0 Å². The summed E-state index contributed by atoms with van der Waals surface area (Å²) in [7, 11) is 0. The molecule has 3 N–H and O–H groups in total. The average Bonchev–Trinajstić information content (AvgIpc) is 2.81. The smallest absolute Gasteiger partial charge is 0.307 e. The van der Waals surface area contributed by atoms with Crippen LogP contribution in [0.5, 0.6) is 0 Å². The molecule has 0 aliphatic heterocycles. The molecule has 0 bridgehead atoms. The van der Waals surface area contributed by atoms with Crippen LogP contribution in [0.1, 0.15) is 25.3 Å². The Morgan fingerprint density at radius 2 is 2.00 bits per heavy atom. The highest BCUT2D eigenvalue weighted by Gasteiger charge is 2.41. The van der Waals surface area contributed by atoms with Crippen molar-refractivity contribution in [3.05, 3.63) is 29.8 Å². The van der Waals surface area contributed by atoms with Crippen molar-refractivity contribution < 1.29 is 19.8 Å². The van der Waals surface area contributed by atoms with Crippen LogP contribution in [0.25, 0.3) is 0 Å². The molecular formula is C15H19NO4. The molecule has 2 rings (SSSR count). The number of anilines is 1. The van der Waals surface area contributed by atoms with Gasteiger partial charge in [0, 0.05) is 5.69 Å². The molecule has 1 aromatic carbocycles. The summed E-state index contributed by atoms with van der Waals surface area (Å²) in [5, 5.41) is 21.0. The van der Waals surface area contributed by atoms with Gasteiger partial charge in [0.15, 0.2) is 0 Å². The summed E-state index contributed by atoms with van der Waals surface area (Å²) in [6, 6.07) is 6.91. The van der Waals surface area contributed by atoms with E-state index in [2.05, 4.69) is 5.32 Å². The maximum Gasteiger partial charge on any atom is 0.307 e. The summed E-state index contributed by atoms with van der Waals surface area (Å²) < 4.78 is 0. The van der Waals surface area contributed by atoms with E-state index in [0.717, 1.165) is 0 Å². The maximum atomic E-state index is 12.2. The largest absolute Gasteiger partial charge is 0.481 e. The molecule has 0 heterocycles. The van der Waals surface area contributed by atoms with Gasteiger partial charge >= 0.3 is 5.97 Å². The fourth-order valence-corrected chi connectivity index (χ4v) is 2.84. The van der Waals surface area contributed by atoms with Crippen LogP contribution in [0.4, 0.5) is 5.69 Å². The second-order valence-corrected chi connectivity index (χ2v) is 5.48. The molecule has 1 amide bonds. The molecule has 0 aromatic heterocycles. The summed E-state index contributed by atoms with van der Waals surface area (Å²) >= 11 is 0. The van der Waals surface area contributed by atoms with Crippen molar-refractivity contribution in [3.8, 4) is 0 Å². The molecular weight excluding hydrogens is 258 g/mol. The Bertz CT molecular complexity index is 514. The number of aliphatic carboxylic acids is 1. The van der Waals surface area contributed by atoms with Crippen LogP contribution < -0.4 is 5.32 Å². The van der Waals surface area contributed by atoms with Crippen LogP contribution >= 0.6 is 0 Å². The van der Waals surface area contributed by atoms with Gasteiger partial charge in [-0.25, -0.2) is 0 Å². The van der Waals surface area contributed by atoms with Crippen molar-refractivity contribution in [2.24, 2.45) is 17.8 Å². The Labute approximate surface area is 117 Å². The van der Waals surface area contributed by atoms with Crippen LogP contribution in [0, 0.1) is 17.8 Å². The normalized spacial score (nSPS) is 25.4. The first-order valence-corrected chi connectivity index (χ1v) is 6.74. The molecule has 0 spiro atoms. The van der Waals surface area contributed by atoms with Gasteiger partial charge in [0.2, 0.25) is 5.91 Å². The average molecular weight is 277 g/mol. The molecule has 1 saturated carbocycles. The number of nitrogens with one attached hydrogen (secondary N) is 1. The molecule has 1 aromatic rings. The molecule has 1 aliphatic carbocycles. The van der Waals surface area contributed by atoms with E-state index in [0.29, 0.717) is 24.1 Å². The highest BCUT2D eigenvalue weighted by atomic mass is 16.4. The second-order valence-electron chi connectivity index (χ2n) is 5.48. The van der Waals surface area contributed by atoms with E-state index >= 15 is 0 Å².